The molecule has 2 rings (SSSR count). The van der Waals surface area contributed by atoms with Crippen molar-refractivity contribution in [3.8, 4) is 0 Å². The number of nitrogens with zero attached hydrogens (tertiary/aromatic N) is 1. The highest BCUT2D eigenvalue weighted by Gasteiger charge is 2.44. The van der Waals surface area contributed by atoms with E-state index < -0.39 is 23.4 Å². The number of hydrogen-bond donors (Lipinski definition) is 2. The van der Waals surface area contributed by atoms with E-state index in [0.717, 1.165) is 10.5 Å². The summed E-state index contributed by atoms with van der Waals surface area (Å²) in [5.74, 6) is -0.888. The molecule has 0 saturated carbocycles. The van der Waals surface area contributed by atoms with Crippen molar-refractivity contribution in [1.29, 1.82) is 0 Å². The van der Waals surface area contributed by atoms with Gasteiger partial charge in [-0.1, -0.05) is 17.7 Å². The molecule has 0 bridgehead atoms. The van der Waals surface area contributed by atoms with Crippen LogP contribution >= 0.6 is 11.6 Å². The van der Waals surface area contributed by atoms with E-state index >= 15 is 0 Å². The van der Waals surface area contributed by atoms with Gasteiger partial charge in [0.25, 0.3) is 5.91 Å². The fourth-order valence-corrected chi connectivity index (χ4v) is 2.16. The summed E-state index contributed by atoms with van der Waals surface area (Å²) in [6.07, 6.45) is 0. The second-order valence-corrected chi connectivity index (χ2v) is 5.87. The molecule has 0 spiro atoms. The van der Waals surface area contributed by atoms with Gasteiger partial charge in [-0.2, -0.15) is 0 Å². The van der Waals surface area contributed by atoms with E-state index in [1.807, 2.05) is 6.92 Å². The number of hydrogen-bond acceptors (Lipinski definition) is 3. The van der Waals surface area contributed by atoms with E-state index in [9.17, 15) is 14.4 Å². The van der Waals surface area contributed by atoms with Crippen LogP contribution in [0.2, 0.25) is 5.02 Å². The maximum Gasteiger partial charge on any atom is 0.325 e. The van der Waals surface area contributed by atoms with E-state index in [2.05, 4.69) is 10.6 Å². The summed E-state index contributed by atoms with van der Waals surface area (Å²) in [5.41, 5.74) is 0.428. The Kier molecular flexibility index (Phi) is 3.91. The first-order valence-electron chi connectivity index (χ1n) is 6.41. The Morgan fingerprint density at radius 3 is 2.57 bits per heavy atom. The molecule has 2 N–H and O–H groups in total. The Morgan fingerprint density at radius 2 is 2.05 bits per heavy atom. The third-order valence-corrected chi connectivity index (χ3v) is 3.61. The third-order valence-electron chi connectivity index (χ3n) is 3.20. The monoisotopic (exact) mass is 309 g/mol. The number of anilines is 1. The SMILES string of the molecule is Cc1ccc(NC(=O)CN2C(=O)NC(C)(C)C2=O)cc1Cl. The zero-order valence-electron chi connectivity index (χ0n) is 12.0. The van der Waals surface area contributed by atoms with Gasteiger partial charge in [0.1, 0.15) is 12.1 Å². The minimum atomic E-state index is -0.982. The van der Waals surface area contributed by atoms with Crippen molar-refractivity contribution in [3.63, 3.8) is 0 Å². The van der Waals surface area contributed by atoms with Crippen LogP contribution < -0.4 is 10.6 Å². The molecule has 112 valence electrons. The summed E-state index contributed by atoms with van der Waals surface area (Å²) in [7, 11) is 0. The van der Waals surface area contributed by atoms with Crippen LogP contribution in [0.5, 0.6) is 0 Å². The Hall–Kier alpha value is -2.08. The van der Waals surface area contributed by atoms with Gasteiger partial charge in [0.05, 0.1) is 0 Å². The topological polar surface area (TPSA) is 78.5 Å². The lowest BCUT2D eigenvalue weighted by molar-refractivity contribution is -0.132. The lowest BCUT2D eigenvalue weighted by Gasteiger charge is -2.15. The predicted octanol–water partition coefficient (Wildman–Crippen LogP) is 1.92. The van der Waals surface area contributed by atoms with Crippen molar-refractivity contribution in [1.82, 2.24) is 10.2 Å². The highest BCUT2D eigenvalue weighted by atomic mass is 35.5. The third kappa shape index (κ3) is 3.16. The molecule has 1 aromatic rings. The van der Waals surface area contributed by atoms with Gasteiger partial charge in [-0.05, 0) is 38.5 Å². The van der Waals surface area contributed by atoms with Crippen molar-refractivity contribution in [2.75, 3.05) is 11.9 Å². The second kappa shape index (κ2) is 5.37. The number of urea groups is 1. The van der Waals surface area contributed by atoms with Gasteiger partial charge in [0, 0.05) is 10.7 Å². The normalized spacial score (nSPS) is 16.9. The van der Waals surface area contributed by atoms with E-state index in [0.29, 0.717) is 10.7 Å². The van der Waals surface area contributed by atoms with Gasteiger partial charge in [-0.3, -0.25) is 14.5 Å². The average molecular weight is 310 g/mol. The van der Waals surface area contributed by atoms with Crippen molar-refractivity contribution in [3.05, 3.63) is 28.8 Å². The highest BCUT2D eigenvalue weighted by Crippen LogP contribution is 2.20. The molecule has 1 saturated heterocycles. The van der Waals surface area contributed by atoms with Gasteiger partial charge >= 0.3 is 6.03 Å². The standard InChI is InChI=1S/C14H16ClN3O3/c1-8-4-5-9(6-10(8)15)16-11(19)7-18-12(20)14(2,3)17-13(18)21/h4-6H,7H2,1-3H3,(H,16,19)(H,17,21). The van der Waals surface area contributed by atoms with Crippen LogP contribution in [-0.4, -0.2) is 34.8 Å². The Balaban J connectivity index is 2.04. The van der Waals surface area contributed by atoms with Crippen LogP contribution in [0, 0.1) is 6.92 Å². The van der Waals surface area contributed by atoms with Gasteiger partial charge < -0.3 is 10.6 Å². The number of benzene rings is 1. The van der Waals surface area contributed by atoms with Gasteiger partial charge in [0.15, 0.2) is 0 Å². The first-order valence-corrected chi connectivity index (χ1v) is 6.78. The molecule has 21 heavy (non-hydrogen) atoms. The molecule has 4 amide bonds. The molecule has 0 radical (unpaired) electrons. The molecule has 0 atom stereocenters. The molecule has 1 fully saturated rings. The molecule has 0 aliphatic carbocycles. The van der Waals surface area contributed by atoms with Crippen molar-refractivity contribution < 1.29 is 14.4 Å². The lowest BCUT2D eigenvalue weighted by Crippen LogP contribution is -2.41. The summed E-state index contributed by atoms with van der Waals surface area (Å²) in [5, 5.41) is 5.65. The number of halogens is 1. The first-order chi connectivity index (χ1) is 9.70. The van der Waals surface area contributed by atoms with E-state index in [1.165, 1.54) is 0 Å². The molecule has 1 aromatic carbocycles. The summed E-state index contributed by atoms with van der Waals surface area (Å²) in [4.78, 5) is 36.5. The van der Waals surface area contributed by atoms with Crippen LogP contribution in [-0.2, 0) is 9.59 Å². The Bertz CT molecular complexity index is 628. The summed E-state index contributed by atoms with van der Waals surface area (Å²) >= 11 is 5.97. The number of nitrogens with one attached hydrogen (secondary N) is 2. The summed E-state index contributed by atoms with van der Waals surface area (Å²) < 4.78 is 0. The average Bonchev–Trinajstić information content (AvgIpc) is 2.56. The molecule has 7 heteroatoms. The number of aryl methyl sites for hydroxylation is 1. The van der Waals surface area contributed by atoms with E-state index in [4.69, 9.17) is 11.6 Å². The molecular weight excluding hydrogens is 294 g/mol. The number of carbonyl (C=O) groups excluding carboxylic acids is 3. The van der Waals surface area contributed by atoms with Crippen molar-refractivity contribution in [2.24, 2.45) is 0 Å². The maximum absolute atomic E-state index is 12.0. The van der Waals surface area contributed by atoms with Crippen molar-refractivity contribution in [2.45, 2.75) is 26.3 Å². The zero-order valence-corrected chi connectivity index (χ0v) is 12.7. The summed E-state index contributed by atoms with van der Waals surface area (Å²) in [6.45, 7) is 4.69. The number of amides is 4. The van der Waals surface area contributed by atoms with Gasteiger partial charge in [0.2, 0.25) is 5.91 Å². The molecule has 1 aliphatic heterocycles. The van der Waals surface area contributed by atoms with E-state index in [1.54, 1.807) is 32.0 Å². The smallest absolute Gasteiger partial charge is 0.324 e. The predicted molar refractivity (Wildman–Crippen MR) is 79.1 cm³/mol. The minimum Gasteiger partial charge on any atom is -0.324 e. The summed E-state index contributed by atoms with van der Waals surface area (Å²) in [6, 6.07) is 4.52. The Labute approximate surface area is 127 Å². The maximum atomic E-state index is 12.0. The fourth-order valence-electron chi connectivity index (χ4n) is 1.98. The van der Waals surface area contributed by atoms with E-state index in [-0.39, 0.29) is 6.54 Å². The molecule has 0 aromatic heterocycles. The number of rotatable bonds is 3. The van der Waals surface area contributed by atoms with Crippen LogP contribution in [0.3, 0.4) is 0 Å². The largest absolute Gasteiger partial charge is 0.325 e. The first kappa shape index (κ1) is 15.3. The number of imide groups is 1. The quantitative estimate of drug-likeness (QED) is 0.837. The zero-order chi connectivity index (χ0) is 15.8. The fraction of sp³-hybridized carbons (Fsp3) is 0.357. The molecular formula is C14H16ClN3O3. The van der Waals surface area contributed by atoms with Crippen LogP contribution in [0.1, 0.15) is 19.4 Å². The highest BCUT2D eigenvalue weighted by molar-refractivity contribution is 6.31. The minimum absolute atomic E-state index is 0.334. The Morgan fingerprint density at radius 1 is 1.38 bits per heavy atom. The van der Waals surface area contributed by atoms with Crippen LogP contribution in [0.25, 0.3) is 0 Å². The lowest BCUT2D eigenvalue weighted by atomic mass is 10.1. The molecule has 1 aliphatic rings. The van der Waals surface area contributed by atoms with Crippen LogP contribution in [0.15, 0.2) is 18.2 Å². The second-order valence-electron chi connectivity index (χ2n) is 5.46. The molecule has 1 heterocycles. The number of carbonyl (C=O) groups is 3. The van der Waals surface area contributed by atoms with Gasteiger partial charge in [-0.15, -0.1) is 0 Å². The van der Waals surface area contributed by atoms with Gasteiger partial charge in [-0.25, -0.2) is 4.79 Å². The molecule has 0 unspecified atom stereocenters. The van der Waals surface area contributed by atoms with Crippen LogP contribution in [0.4, 0.5) is 10.5 Å². The molecule has 6 nitrogen and oxygen atoms in total. The van der Waals surface area contributed by atoms with Crippen molar-refractivity contribution >= 4 is 35.1 Å².